The van der Waals surface area contributed by atoms with Gasteiger partial charge in [0.1, 0.15) is 5.75 Å². The Morgan fingerprint density at radius 1 is 0.840 bits per heavy atom. The van der Waals surface area contributed by atoms with Gasteiger partial charge in [-0.2, -0.15) is 15.0 Å². The molecule has 0 amide bonds. The van der Waals surface area contributed by atoms with Gasteiger partial charge >= 0.3 is 6.01 Å². The van der Waals surface area contributed by atoms with E-state index in [2.05, 4.69) is 39.0 Å². The van der Waals surface area contributed by atoms with E-state index in [4.69, 9.17) is 4.74 Å². The van der Waals surface area contributed by atoms with E-state index in [0.29, 0.717) is 17.6 Å². The molecule has 3 aromatic rings. The maximum Gasteiger partial charge on any atom is 0.328 e. The predicted molar refractivity (Wildman–Crippen MR) is 99.6 cm³/mol. The van der Waals surface area contributed by atoms with Gasteiger partial charge in [-0.3, -0.25) is 0 Å². The van der Waals surface area contributed by atoms with E-state index >= 15 is 0 Å². The molecule has 0 saturated carbocycles. The highest BCUT2D eigenvalue weighted by Gasteiger charge is 2.13. The lowest BCUT2D eigenvalue weighted by molar-refractivity contribution is 0.440. The summed E-state index contributed by atoms with van der Waals surface area (Å²) in [6, 6.07) is 19.5. The van der Waals surface area contributed by atoms with Crippen molar-refractivity contribution >= 4 is 17.6 Å². The number of nitrogens with zero attached hydrogens (tertiary/aromatic N) is 4. The van der Waals surface area contributed by atoms with Gasteiger partial charge in [0.25, 0.3) is 0 Å². The van der Waals surface area contributed by atoms with Gasteiger partial charge < -0.3 is 15.0 Å². The van der Waals surface area contributed by atoms with Gasteiger partial charge in [0.2, 0.25) is 11.9 Å². The maximum absolute atomic E-state index is 5.81. The zero-order valence-corrected chi connectivity index (χ0v) is 14.4. The van der Waals surface area contributed by atoms with Crippen LogP contribution in [0.5, 0.6) is 11.8 Å². The standard InChI is InChI=1S/C19H21N5O/c1-3-24(4-2)18-21-17(20-15-11-7-5-8-12-15)22-19(23-18)25-16-13-9-6-10-14-16/h5-14H,3-4H2,1-2H3,(H,20,21,22,23). The zero-order valence-electron chi connectivity index (χ0n) is 14.4. The van der Waals surface area contributed by atoms with Crippen LogP contribution in [0.4, 0.5) is 17.6 Å². The van der Waals surface area contributed by atoms with Gasteiger partial charge in [0.15, 0.2) is 0 Å². The summed E-state index contributed by atoms with van der Waals surface area (Å²) in [5, 5.41) is 3.20. The van der Waals surface area contributed by atoms with Gasteiger partial charge in [-0.1, -0.05) is 36.4 Å². The van der Waals surface area contributed by atoms with E-state index in [1.54, 1.807) is 0 Å². The Morgan fingerprint density at radius 3 is 2.12 bits per heavy atom. The molecule has 0 radical (unpaired) electrons. The molecule has 0 aliphatic carbocycles. The Labute approximate surface area is 147 Å². The molecule has 0 saturated heterocycles. The molecule has 0 atom stereocenters. The summed E-state index contributed by atoms with van der Waals surface area (Å²) >= 11 is 0. The van der Waals surface area contributed by atoms with Crippen molar-refractivity contribution in [3.05, 3.63) is 60.7 Å². The Bertz CT molecular complexity index is 732. The number of hydrogen-bond acceptors (Lipinski definition) is 6. The highest BCUT2D eigenvalue weighted by molar-refractivity contribution is 5.54. The number of ether oxygens (including phenoxy) is 1. The fraction of sp³-hybridized carbons (Fsp3) is 0.211. The van der Waals surface area contributed by atoms with Crippen molar-refractivity contribution in [2.75, 3.05) is 23.3 Å². The fourth-order valence-corrected chi connectivity index (χ4v) is 2.34. The third-order valence-electron chi connectivity index (χ3n) is 3.63. The topological polar surface area (TPSA) is 63.2 Å². The molecule has 1 aromatic heterocycles. The Balaban J connectivity index is 1.93. The number of aromatic nitrogens is 3. The number of rotatable bonds is 7. The molecule has 1 N–H and O–H groups in total. The maximum atomic E-state index is 5.81. The molecule has 1 heterocycles. The van der Waals surface area contributed by atoms with Gasteiger partial charge in [-0.25, -0.2) is 0 Å². The molecule has 0 unspecified atom stereocenters. The van der Waals surface area contributed by atoms with Gasteiger partial charge in [-0.05, 0) is 38.1 Å². The highest BCUT2D eigenvalue weighted by atomic mass is 16.5. The first-order chi connectivity index (χ1) is 12.3. The van der Waals surface area contributed by atoms with Crippen molar-refractivity contribution < 1.29 is 4.74 Å². The van der Waals surface area contributed by atoms with Gasteiger partial charge in [-0.15, -0.1) is 0 Å². The predicted octanol–water partition coefficient (Wildman–Crippen LogP) is 4.25. The van der Waals surface area contributed by atoms with E-state index < -0.39 is 0 Å². The van der Waals surface area contributed by atoms with E-state index in [1.165, 1.54) is 0 Å². The summed E-state index contributed by atoms with van der Waals surface area (Å²) in [7, 11) is 0. The van der Waals surface area contributed by atoms with Crippen LogP contribution in [-0.2, 0) is 0 Å². The first-order valence-corrected chi connectivity index (χ1v) is 8.34. The van der Waals surface area contributed by atoms with Crippen molar-refractivity contribution in [3.63, 3.8) is 0 Å². The van der Waals surface area contributed by atoms with Gasteiger partial charge in [0.05, 0.1) is 0 Å². The van der Waals surface area contributed by atoms with Crippen LogP contribution >= 0.6 is 0 Å². The monoisotopic (exact) mass is 335 g/mol. The van der Waals surface area contributed by atoms with Crippen LogP contribution in [0.2, 0.25) is 0 Å². The molecule has 6 heteroatoms. The number of benzene rings is 2. The summed E-state index contributed by atoms with van der Waals surface area (Å²) in [4.78, 5) is 15.4. The van der Waals surface area contributed by atoms with Crippen molar-refractivity contribution in [1.82, 2.24) is 15.0 Å². The molecular weight excluding hydrogens is 314 g/mol. The lowest BCUT2D eigenvalue weighted by Gasteiger charge is -2.19. The second-order valence-corrected chi connectivity index (χ2v) is 5.32. The van der Waals surface area contributed by atoms with Crippen LogP contribution in [0, 0.1) is 0 Å². The quantitative estimate of drug-likeness (QED) is 0.696. The summed E-state index contributed by atoms with van der Waals surface area (Å²) in [5.74, 6) is 1.73. The number of para-hydroxylation sites is 2. The molecular formula is C19H21N5O. The minimum Gasteiger partial charge on any atom is -0.424 e. The van der Waals surface area contributed by atoms with Crippen LogP contribution in [-0.4, -0.2) is 28.0 Å². The van der Waals surface area contributed by atoms with Crippen LogP contribution in [0.1, 0.15) is 13.8 Å². The van der Waals surface area contributed by atoms with Crippen molar-refractivity contribution in [1.29, 1.82) is 0 Å². The molecule has 25 heavy (non-hydrogen) atoms. The van der Waals surface area contributed by atoms with Gasteiger partial charge in [0, 0.05) is 18.8 Å². The number of hydrogen-bond donors (Lipinski definition) is 1. The summed E-state index contributed by atoms with van der Waals surface area (Å²) in [6.45, 7) is 5.73. The van der Waals surface area contributed by atoms with E-state index in [-0.39, 0.29) is 6.01 Å². The van der Waals surface area contributed by atoms with Crippen molar-refractivity contribution in [2.45, 2.75) is 13.8 Å². The Morgan fingerprint density at radius 2 is 1.48 bits per heavy atom. The van der Waals surface area contributed by atoms with E-state index in [9.17, 15) is 0 Å². The SMILES string of the molecule is CCN(CC)c1nc(Nc2ccccc2)nc(Oc2ccccc2)n1. The molecule has 6 nitrogen and oxygen atoms in total. The second kappa shape index (κ2) is 8.10. The van der Waals surface area contributed by atoms with Crippen LogP contribution in [0.3, 0.4) is 0 Å². The normalized spacial score (nSPS) is 10.3. The minimum atomic E-state index is 0.265. The molecule has 0 spiro atoms. The molecule has 128 valence electrons. The molecule has 0 aliphatic heterocycles. The average molecular weight is 335 g/mol. The Kier molecular flexibility index (Phi) is 5.41. The fourth-order valence-electron chi connectivity index (χ4n) is 2.34. The van der Waals surface area contributed by atoms with Crippen molar-refractivity contribution in [2.24, 2.45) is 0 Å². The third-order valence-corrected chi connectivity index (χ3v) is 3.63. The minimum absolute atomic E-state index is 0.265. The van der Waals surface area contributed by atoms with Crippen LogP contribution in [0.15, 0.2) is 60.7 Å². The average Bonchev–Trinajstić information content (AvgIpc) is 2.64. The Hall–Kier alpha value is -3.15. The number of nitrogens with one attached hydrogen (secondary N) is 1. The number of anilines is 3. The summed E-state index contributed by atoms with van der Waals surface area (Å²) in [5.41, 5.74) is 0.907. The first-order valence-electron chi connectivity index (χ1n) is 8.34. The van der Waals surface area contributed by atoms with Crippen molar-refractivity contribution in [3.8, 4) is 11.8 Å². The van der Waals surface area contributed by atoms with E-state index in [1.807, 2.05) is 60.7 Å². The van der Waals surface area contributed by atoms with E-state index in [0.717, 1.165) is 18.8 Å². The molecule has 0 aliphatic rings. The summed E-state index contributed by atoms with van der Waals surface area (Å²) < 4.78 is 5.81. The largest absolute Gasteiger partial charge is 0.424 e. The smallest absolute Gasteiger partial charge is 0.328 e. The molecule has 2 aromatic carbocycles. The summed E-state index contributed by atoms with van der Waals surface area (Å²) in [6.07, 6.45) is 0. The third kappa shape index (κ3) is 4.44. The molecule has 0 bridgehead atoms. The lowest BCUT2D eigenvalue weighted by Crippen LogP contribution is -2.25. The second-order valence-electron chi connectivity index (χ2n) is 5.32. The van der Waals surface area contributed by atoms with Crippen LogP contribution in [0.25, 0.3) is 0 Å². The molecule has 3 rings (SSSR count). The highest BCUT2D eigenvalue weighted by Crippen LogP contribution is 2.22. The first kappa shape index (κ1) is 16.7. The molecule has 0 fully saturated rings. The lowest BCUT2D eigenvalue weighted by atomic mass is 10.3. The van der Waals surface area contributed by atoms with Crippen LogP contribution < -0.4 is 15.0 Å². The zero-order chi connectivity index (χ0) is 17.5.